The number of hydrogen-bond acceptors (Lipinski definition) is 5. The molecule has 0 spiro atoms. The second-order valence-corrected chi connectivity index (χ2v) is 4.92. The third-order valence-electron chi connectivity index (χ3n) is 3.14. The van der Waals surface area contributed by atoms with Gasteiger partial charge in [-0.15, -0.1) is 5.10 Å². The SMILES string of the molecule is C=C/C=C\C(=C/C=C)n1ccc(OC/C=C(C)\C(=N/OC)C(=O)NC)n1. The number of nitrogens with zero attached hydrogens (tertiary/aromatic N) is 3. The van der Waals surface area contributed by atoms with Crippen LogP contribution in [0.25, 0.3) is 5.70 Å². The molecule has 0 bridgehead atoms. The average molecular weight is 356 g/mol. The summed E-state index contributed by atoms with van der Waals surface area (Å²) in [5, 5.41) is 10.6. The molecule has 0 atom stereocenters. The minimum absolute atomic E-state index is 0.190. The minimum atomic E-state index is -0.335. The van der Waals surface area contributed by atoms with Crippen molar-refractivity contribution in [2.75, 3.05) is 20.8 Å². The van der Waals surface area contributed by atoms with Crippen molar-refractivity contribution in [2.24, 2.45) is 5.16 Å². The van der Waals surface area contributed by atoms with Gasteiger partial charge in [0, 0.05) is 19.3 Å². The lowest BCUT2D eigenvalue weighted by Crippen LogP contribution is -2.28. The molecule has 1 rings (SSSR count). The van der Waals surface area contributed by atoms with E-state index in [4.69, 9.17) is 9.57 Å². The van der Waals surface area contributed by atoms with Crippen molar-refractivity contribution in [3.8, 4) is 5.88 Å². The van der Waals surface area contributed by atoms with Crippen molar-refractivity contribution < 1.29 is 14.4 Å². The van der Waals surface area contributed by atoms with Gasteiger partial charge in [0.05, 0.1) is 5.70 Å². The van der Waals surface area contributed by atoms with Gasteiger partial charge in [0.25, 0.3) is 5.91 Å². The number of aromatic nitrogens is 2. The van der Waals surface area contributed by atoms with Gasteiger partial charge in [-0.3, -0.25) is 4.79 Å². The van der Waals surface area contributed by atoms with Crippen LogP contribution in [0.3, 0.4) is 0 Å². The van der Waals surface area contributed by atoms with E-state index in [2.05, 4.69) is 28.7 Å². The molecule has 0 saturated heterocycles. The molecule has 7 nitrogen and oxygen atoms in total. The number of amides is 1. The summed E-state index contributed by atoms with van der Waals surface area (Å²) in [7, 11) is 2.91. The monoisotopic (exact) mass is 356 g/mol. The molecule has 0 aliphatic rings. The molecule has 0 aliphatic carbocycles. The van der Waals surface area contributed by atoms with Crippen LogP contribution in [-0.2, 0) is 9.63 Å². The largest absolute Gasteiger partial charge is 0.472 e. The number of oxime groups is 1. The van der Waals surface area contributed by atoms with E-state index in [0.29, 0.717) is 11.5 Å². The second-order valence-electron chi connectivity index (χ2n) is 4.92. The molecule has 7 heteroatoms. The Bertz CT molecular complexity index is 755. The highest BCUT2D eigenvalue weighted by Gasteiger charge is 2.12. The van der Waals surface area contributed by atoms with Gasteiger partial charge in [-0.2, -0.15) is 0 Å². The van der Waals surface area contributed by atoms with E-state index in [0.717, 1.165) is 5.70 Å². The first-order chi connectivity index (χ1) is 12.6. The molecule has 0 aliphatic heterocycles. The molecule has 1 aromatic rings. The summed E-state index contributed by atoms with van der Waals surface area (Å²) in [5.41, 5.74) is 1.64. The molecular formula is C19H24N4O3. The standard InChI is InChI=1S/C19H24N4O3/c1-6-8-10-16(9-7-2)23-13-11-17(21-23)26-14-12-15(3)18(22-25-5)19(24)20-4/h6-13H,1-2,14H2,3-5H3,(H,20,24)/b10-8-,15-12-,16-9+,22-18+. The van der Waals surface area contributed by atoms with Crippen LogP contribution in [0.2, 0.25) is 0 Å². The van der Waals surface area contributed by atoms with Crippen molar-refractivity contribution in [2.45, 2.75) is 6.92 Å². The van der Waals surface area contributed by atoms with Gasteiger partial charge in [0.15, 0.2) is 5.71 Å². The lowest BCUT2D eigenvalue weighted by molar-refractivity contribution is -0.114. The van der Waals surface area contributed by atoms with E-state index in [1.165, 1.54) is 14.2 Å². The molecule has 1 N–H and O–H groups in total. The quantitative estimate of drug-likeness (QED) is 0.397. The lowest BCUT2D eigenvalue weighted by Gasteiger charge is -2.05. The molecule has 26 heavy (non-hydrogen) atoms. The molecule has 1 amide bonds. The molecule has 0 radical (unpaired) electrons. The van der Waals surface area contributed by atoms with Crippen molar-refractivity contribution in [3.63, 3.8) is 0 Å². The topological polar surface area (TPSA) is 77.7 Å². The lowest BCUT2D eigenvalue weighted by atomic mass is 10.1. The summed E-state index contributed by atoms with van der Waals surface area (Å²) in [4.78, 5) is 16.5. The fourth-order valence-electron chi connectivity index (χ4n) is 1.87. The van der Waals surface area contributed by atoms with Gasteiger partial charge >= 0.3 is 0 Å². The first-order valence-corrected chi connectivity index (χ1v) is 7.88. The maximum Gasteiger partial charge on any atom is 0.273 e. The molecule has 1 heterocycles. The molecular weight excluding hydrogens is 332 g/mol. The summed E-state index contributed by atoms with van der Waals surface area (Å²) < 4.78 is 7.26. The zero-order chi connectivity index (χ0) is 19.4. The van der Waals surface area contributed by atoms with E-state index in [1.54, 1.807) is 48.2 Å². The number of nitrogens with one attached hydrogen (secondary N) is 1. The van der Waals surface area contributed by atoms with Crippen LogP contribution in [0.15, 0.2) is 72.6 Å². The van der Waals surface area contributed by atoms with E-state index in [9.17, 15) is 4.79 Å². The molecule has 0 unspecified atom stereocenters. The van der Waals surface area contributed by atoms with E-state index in [1.807, 2.05) is 12.2 Å². The van der Waals surface area contributed by atoms with E-state index in [-0.39, 0.29) is 18.2 Å². The Morgan fingerprint density at radius 3 is 2.81 bits per heavy atom. The van der Waals surface area contributed by atoms with Crippen LogP contribution in [0.1, 0.15) is 6.92 Å². The van der Waals surface area contributed by atoms with Crippen LogP contribution in [0.5, 0.6) is 5.88 Å². The number of allylic oxidation sites excluding steroid dienone is 6. The Morgan fingerprint density at radius 2 is 2.19 bits per heavy atom. The Kier molecular flexibility index (Phi) is 8.95. The van der Waals surface area contributed by atoms with Crippen LogP contribution >= 0.6 is 0 Å². The highest BCUT2D eigenvalue weighted by Crippen LogP contribution is 2.12. The molecule has 0 aromatic carbocycles. The molecule has 0 saturated carbocycles. The van der Waals surface area contributed by atoms with Gasteiger partial charge in [0.1, 0.15) is 13.7 Å². The fourth-order valence-corrected chi connectivity index (χ4v) is 1.87. The summed E-state index contributed by atoms with van der Waals surface area (Å²) in [5.74, 6) is 0.110. The zero-order valence-corrected chi connectivity index (χ0v) is 15.3. The van der Waals surface area contributed by atoms with Gasteiger partial charge in [0.2, 0.25) is 5.88 Å². The molecule has 0 fully saturated rings. The predicted molar refractivity (Wildman–Crippen MR) is 104 cm³/mol. The molecule has 138 valence electrons. The maximum absolute atomic E-state index is 11.8. The van der Waals surface area contributed by atoms with E-state index < -0.39 is 0 Å². The first-order valence-electron chi connectivity index (χ1n) is 7.88. The number of carbonyl (C=O) groups excluding carboxylic acids is 1. The second kappa shape index (κ2) is 11.2. The number of rotatable bonds is 10. The Morgan fingerprint density at radius 1 is 1.42 bits per heavy atom. The van der Waals surface area contributed by atoms with Crippen molar-refractivity contribution in [1.82, 2.24) is 15.1 Å². The maximum atomic E-state index is 11.8. The third-order valence-corrected chi connectivity index (χ3v) is 3.14. The van der Waals surface area contributed by atoms with Crippen LogP contribution in [0, 0.1) is 0 Å². The van der Waals surface area contributed by atoms with Gasteiger partial charge in [-0.05, 0) is 30.7 Å². The van der Waals surface area contributed by atoms with Crippen LogP contribution in [-0.4, -0.2) is 42.2 Å². The van der Waals surface area contributed by atoms with Crippen molar-refractivity contribution >= 4 is 17.3 Å². The third kappa shape index (κ3) is 6.27. The number of ether oxygens (including phenoxy) is 1. The minimum Gasteiger partial charge on any atom is -0.472 e. The van der Waals surface area contributed by atoms with Gasteiger partial charge < -0.3 is 14.9 Å². The molecule has 1 aromatic heterocycles. The normalized spacial score (nSPS) is 12.8. The Hall–Kier alpha value is -3.35. The highest BCUT2D eigenvalue weighted by molar-refractivity contribution is 6.44. The fraction of sp³-hybridized carbons (Fsp3) is 0.211. The highest BCUT2D eigenvalue weighted by atomic mass is 16.6. The smallest absolute Gasteiger partial charge is 0.273 e. The van der Waals surface area contributed by atoms with Crippen molar-refractivity contribution in [1.29, 1.82) is 0 Å². The van der Waals surface area contributed by atoms with Crippen LogP contribution in [0.4, 0.5) is 0 Å². The van der Waals surface area contributed by atoms with Gasteiger partial charge in [-0.1, -0.05) is 36.5 Å². The summed E-state index contributed by atoms with van der Waals surface area (Å²) in [6, 6.07) is 1.74. The summed E-state index contributed by atoms with van der Waals surface area (Å²) in [6.45, 7) is 9.32. The van der Waals surface area contributed by atoms with E-state index >= 15 is 0 Å². The average Bonchev–Trinajstić information content (AvgIpc) is 3.11. The Balaban J connectivity index is 2.81. The number of carbonyl (C=O) groups is 1. The first kappa shape index (κ1) is 20.7. The van der Waals surface area contributed by atoms with Crippen LogP contribution < -0.4 is 10.1 Å². The Labute approximate surface area is 153 Å². The van der Waals surface area contributed by atoms with Gasteiger partial charge in [-0.25, -0.2) is 4.68 Å². The zero-order valence-electron chi connectivity index (χ0n) is 15.3. The number of hydrogen-bond donors (Lipinski definition) is 1. The summed E-state index contributed by atoms with van der Waals surface area (Å²) >= 11 is 0. The summed E-state index contributed by atoms with van der Waals surface area (Å²) in [6.07, 6.45) is 12.3. The van der Waals surface area contributed by atoms with Crippen molar-refractivity contribution in [3.05, 3.63) is 67.5 Å². The predicted octanol–water partition coefficient (Wildman–Crippen LogP) is 2.73.